The third-order valence-electron chi connectivity index (χ3n) is 6.78. The van der Waals surface area contributed by atoms with Crippen LogP contribution >= 0.6 is 22.7 Å². The molecule has 3 N–H and O–H groups in total. The first-order valence-corrected chi connectivity index (χ1v) is 15.0. The van der Waals surface area contributed by atoms with Crippen LogP contribution in [0.25, 0.3) is 0 Å². The summed E-state index contributed by atoms with van der Waals surface area (Å²) in [5.41, 5.74) is 8.32. The van der Waals surface area contributed by atoms with Crippen molar-refractivity contribution in [3.8, 4) is 0 Å². The molecule has 0 radical (unpaired) electrons. The first kappa shape index (κ1) is 25.1. The predicted molar refractivity (Wildman–Crippen MR) is 142 cm³/mol. The molecular formula is C25H28N4O4S3. The second-order valence-electron chi connectivity index (χ2n) is 9.12. The number of benzene rings is 1. The molecule has 0 bridgehead atoms. The van der Waals surface area contributed by atoms with Crippen LogP contribution in [0.15, 0.2) is 52.1 Å². The van der Waals surface area contributed by atoms with Gasteiger partial charge in [-0.1, -0.05) is 36.4 Å². The molecule has 0 aliphatic carbocycles. The Labute approximate surface area is 218 Å². The zero-order valence-corrected chi connectivity index (χ0v) is 22.1. The van der Waals surface area contributed by atoms with Crippen LogP contribution in [-0.2, 0) is 34.3 Å². The Bertz CT molecular complexity index is 1350. The highest BCUT2D eigenvalue weighted by molar-refractivity contribution is 7.91. The molecule has 2 aromatic heterocycles. The Kier molecular flexibility index (Phi) is 7.27. The zero-order chi connectivity index (χ0) is 25.3. The number of sulfonamides is 1. The fourth-order valence-corrected chi connectivity index (χ4v) is 8.80. The summed E-state index contributed by atoms with van der Waals surface area (Å²) in [5.74, 6) is -1.05. The lowest BCUT2D eigenvalue weighted by atomic mass is 9.97. The maximum absolute atomic E-state index is 13.1. The summed E-state index contributed by atoms with van der Waals surface area (Å²) in [6.45, 7) is 2.90. The summed E-state index contributed by atoms with van der Waals surface area (Å²) >= 11 is 2.62. The van der Waals surface area contributed by atoms with Crippen molar-refractivity contribution < 1.29 is 18.0 Å². The van der Waals surface area contributed by atoms with Gasteiger partial charge in [0, 0.05) is 43.5 Å². The van der Waals surface area contributed by atoms with Gasteiger partial charge in [0.25, 0.3) is 15.9 Å². The summed E-state index contributed by atoms with van der Waals surface area (Å²) in [5, 5.41) is 5.21. The van der Waals surface area contributed by atoms with Crippen molar-refractivity contribution in [2.24, 2.45) is 11.7 Å². The predicted octanol–water partition coefficient (Wildman–Crippen LogP) is 3.51. The van der Waals surface area contributed by atoms with Crippen LogP contribution in [-0.4, -0.2) is 49.1 Å². The van der Waals surface area contributed by atoms with Crippen molar-refractivity contribution >= 4 is 49.5 Å². The Morgan fingerprint density at radius 1 is 1.06 bits per heavy atom. The maximum atomic E-state index is 13.1. The minimum atomic E-state index is -3.52. The fourth-order valence-electron chi connectivity index (χ4n) is 4.89. The third-order valence-corrected chi connectivity index (χ3v) is 11.2. The largest absolute Gasteiger partial charge is 0.365 e. The fraction of sp³-hybridized carbons (Fsp3) is 0.360. The number of nitrogens with zero attached hydrogens (tertiary/aromatic N) is 2. The van der Waals surface area contributed by atoms with E-state index in [1.54, 1.807) is 17.5 Å². The molecule has 0 spiro atoms. The molecule has 4 heterocycles. The minimum Gasteiger partial charge on any atom is -0.365 e. The Hall–Kier alpha value is -2.57. The standard InChI is InChI=1S/C25H28N4O4S3/c26-23(30)22-19-10-11-28(15-17-5-2-1-3-6-17)16-20(19)35-25(22)27-24(31)18-8-12-29(13-9-18)36(32,33)21-7-4-14-34-21/h1-7,14,18H,8-13,15-16H2,(H2,26,30)(H,27,31). The van der Waals surface area contributed by atoms with E-state index in [9.17, 15) is 18.0 Å². The number of rotatable bonds is 7. The average molecular weight is 545 g/mol. The minimum absolute atomic E-state index is 0.189. The second-order valence-corrected chi connectivity index (χ2v) is 13.3. The first-order chi connectivity index (χ1) is 17.3. The van der Waals surface area contributed by atoms with Crippen LogP contribution in [0.2, 0.25) is 0 Å². The van der Waals surface area contributed by atoms with E-state index >= 15 is 0 Å². The Morgan fingerprint density at radius 3 is 2.47 bits per heavy atom. The molecule has 190 valence electrons. The van der Waals surface area contributed by atoms with E-state index in [1.165, 1.54) is 32.5 Å². The van der Waals surface area contributed by atoms with Gasteiger partial charge in [0.15, 0.2) is 0 Å². The van der Waals surface area contributed by atoms with E-state index in [0.29, 0.717) is 40.6 Å². The summed E-state index contributed by atoms with van der Waals surface area (Å²) in [4.78, 5) is 28.8. The summed E-state index contributed by atoms with van der Waals surface area (Å²) in [6, 6.07) is 13.6. The lowest BCUT2D eigenvalue weighted by molar-refractivity contribution is -0.120. The lowest BCUT2D eigenvalue weighted by Gasteiger charge is -2.30. The van der Waals surface area contributed by atoms with Gasteiger partial charge >= 0.3 is 0 Å². The van der Waals surface area contributed by atoms with Crippen molar-refractivity contribution in [3.63, 3.8) is 0 Å². The van der Waals surface area contributed by atoms with Crippen molar-refractivity contribution in [3.05, 3.63) is 69.4 Å². The van der Waals surface area contributed by atoms with Crippen LogP contribution in [0.5, 0.6) is 0 Å². The smallest absolute Gasteiger partial charge is 0.252 e. The Morgan fingerprint density at radius 2 is 1.81 bits per heavy atom. The number of hydrogen-bond acceptors (Lipinski definition) is 7. The van der Waals surface area contributed by atoms with Gasteiger partial charge in [-0.3, -0.25) is 14.5 Å². The third kappa shape index (κ3) is 5.12. The number of amides is 2. The van der Waals surface area contributed by atoms with Gasteiger partial charge in [0.2, 0.25) is 5.91 Å². The van der Waals surface area contributed by atoms with Gasteiger partial charge in [-0.15, -0.1) is 22.7 Å². The normalized spacial score (nSPS) is 17.6. The topological polar surface area (TPSA) is 113 Å². The van der Waals surface area contributed by atoms with Crippen molar-refractivity contribution in [1.82, 2.24) is 9.21 Å². The molecule has 0 saturated carbocycles. The molecule has 2 aliphatic rings. The number of fused-ring (bicyclic) bond motifs is 1. The van der Waals surface area contributed by atoms with Crippen LogP contribution in [0.3, 0.4) is 0 Å². The van der Waals surface area contributed by atoms with E-state index in [4.69, 9.17) is 5.73 Å². The van der Waals surface area contributed by atoms with E-state index in [-0.39, 0.29) is 24.9 Å². The highest BCUT2D eigenvalue weighted by Gasteiger charge is 2.34. The number of nitrogens with two attached hydrogens (primary N) is 1. The van der Waals surface area contributed by atoms with Gasteiger partial charge < -0.3 is 11.1 Å². The van der Waals surface area contributed by atoms with Gasteiger partial charge in [0.05, 0.1) is 5.56 Å². The van der Waals surface area contributed by atoms with E-state index < -0.39 is 15.9 Å². The van der Waals surface area contributed by atoms with Crippen molar-refractivity contribution in [2.75, 3.05) is 25.0 Å². The molecule has 0 unspecified atom stereocenters. The molecule has 2 aliphatic heterocycles. The molecule has 1 aromatic carbocycles. The zero-order valence-electron chi connectivity index (χ0n) is 19.7. The Balaban J connectivity index is 1.25. The number of thiophene rings is 2. The van der Waals surface area contributed by atoms with E-state index in [2.05, 4.69) is 22.3 Å². The lowest BCUT2D eigenvalue weighted by Crippen LogP contribution is -2.41. The van der Waals surface area contributed by atoms with Gasteiger partial charge in [-0.05, 0) is 41.8 Å². The molecule has 5 rings (SSSR count). The van der Waals surface area contributed by atoms with Crippen LogP contribution in [0, 0.1) is 5.92 Å². The SMILES string of the molecule is NC(=O)c1c(NC(=O)C2CCN(S(=O)(=O)c3cccs3)CC2)sc2c1CCN(Cc1ccccc1)C2. The highest BCUT2D eigenvalue weighted by Crippen LogP contribution is 2.38. The summed E-state index contributed by atoms with van der Waals surface area (Å²) < 4.78 is 27.3. The number of primary amides is 1. The maximum Gasteiger partial charge on any atom is 0.252 e. The van der Waals surface area contributed by atoms with Crippen molar-refractivity contribution in [2.45, 2.75) is 36.6 Å². The molecule has 1 saturated heterocycles. The van der Waals surface area contributed by atoms with Gasteiger partial charge in [0.1, 0.15) is 9.21 Å². The number of hydrogen-bond donors (Lipinski definition) is 2. The quantitative estimate of drug-likeness (QED) is 0.473. The molecule has 8 nitrogen and oxygen atoms in total. The molecule has 0 atom stereocenters. The number of carbonyl (C=O) groups is 2. The molecular weight excluding hydrogens is 517 g/mol. The average Bonchev–Trinajstić information content (AvgIpc) is 3.53. The van der Waals surface area contributed by atoms with E-state index in [0.717, 1.165) is 23.5 Å². The van der Waals surface area contributed by atoms with Crippen LogP contribution in [0.4, 0.5) is 5.00 Å². The number of carbonyl (C=O) groups excluding carboxylic acids is 2. The van der Waals surface area contributed by atoms with E-state index in [1.807, 2.05) is 18.2 Å². The van der Waals surface area contributed by atoms with Crippen LogP contribution in [0.1, 0.15) is 39.2 Å². The van der Waals surface area contributed by atoms with Gasteiger partial charge in [-0.2, -0.15) is 4.31 Å². The highest BCUT2D eigenvalue weighted by atomic mass is 32.2. The molecule has 1 fully saturated rings. The number of anilines is 1. The molecule has 3 aromatic rings. The monoisotopic (exact) mass is 544 g/mol. The molecule has 36 heavy (non-hydrogen) atoms. The number of nitrogens with one attached hydrogen (secondary N) is 1. The summed E-state index contributed by atoms with van der Waals surface area (Å²) in [7, 11) is -3.52. The van der Waals surface area contributed by atoms with Gasteiger partial charge in [-0.25, -0.2) is 8.42 Å². The first-order valence-electron chi connectivity index (χ1n) is 11.9. The molecule has 11 heteroatoms. The number of piperidine rings is 1. The van der Waals surface area contributed by atoms with Crippen LogP contribution < -0.4 is 11.1 Å². The summed E-state index contributed by atoms with van der Waals surface area (Å²) in [6.07, 6.45) is 1.56. The second kappa shape index (κ2) is 10.4. The molecule has 2 amide bonds. The van der Waals surface area contributed by atoms with Crippen molar-refractivity contribution in [1.29, 1.82) is 0 Å².